The second-order valence-corrected chi connectivity index (χ2v) is 8.73. The van der Waals surface area contributed by atoms with Crippen LogP contribution in [0.2, 0.25) is 0 Å². The van der Waals surface area contributed by atoms with Crippen LogP contribution in [-0.2, 0) is 11.4 Å². The van der Waals surface area contributed by atoms with E-state index < -0.39 is 5.97 Å². The molecule has 34 heavy (non-hydrogen) atoms. The third-order valence-electron chi connectivity index (χ3n) is 5.24. The highest BCUT2D eigenvalue weighted by molar-refractivity contribution is 8.18. The van der Waals surface area contributed by atoms with Crippen LogP contribution >= 0.6 is 11.8 Å². The van der Waals surface area contributed by atoms with Crippen molar-refractivity contribution in [3.8, 4) is 5.75 Å². The van der Waals surface area contributed by atoms with Crippen molar-refractivity contribution in [3.05, 3.63) is 100.0 Å². The molecule has 4 rings (SSSR count). The molecule has 0 bridgehead atoms. The molecule has 0 aliphatic carbocycles. The fraction of sp³-hybridized carbons (Fsp3) is 0.148. The predicted molar refractivity (Wildman–Crippen MR) is 135 cm³/mol. The number of carbonyl (C=O) groups excluding carboxylic acids is 1. The topological polar surface area (TPSA) is 79.2 Å². The molecule has 0 radical (unpaired) electrons. The molecule has 0 aromatic heterocycles. The molecular weight excluding hydrogens is 448 g/mol. The Labute approximate surface area is 202 Å². The number of rotatable bonds is 7. The molecule has 1 heterocycles. The lowest BCUT2D eigenvalue weighted by molar-refractivity contribution is -0.122. The van der Waals surface area contributed by atoms with Gasteiger partial charge in [0.15, 0.2) is 5.17 Å². The maximum Gasteiger partial charge on any atom is 0.335 e. The number of amides is 1. The number of carbonyl (C=O) groups is 2. The summed E-state index contributed by atoms with van der Waals surface area (Å²) in [5.74, 6) is -0.479. The Morgan fingerprint density at radius 2 is 1.85 bits per heavy atom. The van der Waals surface area contributed by atoms with Crippen LogP contribution in [0.1, 0.15) is 34.0 Å². The summed E-state index contributed by atoms with van der Waals surface area (Å²) in [4.78, 5) is 31.0. The van der Waals surface area contributed by atoms with Gasteiger partial charge in [0.25, 0.3) is 5.91 Å². The van der Waals surface area contributed by atoms with Crippen LogP contribution in [0.15, 0.2) is 82.7 Å². The summed E-state index contributed by atoms with van der Waals surface area (Å²) in [7, 11) is 0. The molecule has 1 aliphatic heterocycles. The summed E-state index contributed by atoms with van der Waals surface area (Å²) in [6.45, 7) is 4.80. The summed E-state index contributed by atoms with van der Waals surface area (Å²) in [6, 6.07) is 22.1. The summed E-state index contributed by atoms with van der Waals surface area (Å²) < 4.78 is 6.06. The molecule has 1 amide bonds. The van der Waals surface area contributed by atoms with Crippen LogP contribution in [0.25, 0.3) is 6.08 Å². The van der Waals surface area contributed by atoms with Crippen molar-refractivity contribution >= 4 is 40.6 Å². The minimum absolute atomic E-state index is 0.144. The number of ether oxygens (including phenoxy) is 1. The van der Waals surface area contributed by atoms with Gasteiger partial charge in [-0.25, -0.2) is 9.79 Å². The van der Waals surface area contributed by atoms with Gasteiger partial charge in [-0.1, -0.05) is 54.1 Å². The van der Waals surface area contributed by atoms with Crippen LogP contribution in [0.3, 0.4) is 0 Å². The fourth-order valence-electron chi connectivity index (χ4n) is 3.41. The third-order valence-corrected chi connectivity index (χ3v) is 6.25. The standard InChI is InChI=1S/C27H24N2O4S/c1-3-29-25(30)24(34-27(29)28-22-9-6-8-21(15-22)26(31)32)16-20-7-4-5-10-23(20)33-17-19-13-11-18(2)12-14-19/h4-16H,3,17H2,1-2H3,(H,31,32)/b24-16-,28-27?. The van der Waals surface area contributed by atoms with Crippen molar-refractivity contribution < 1.29 is 19.4 Å². The number of likely N-dealkylation sites (N-methyl/N-ethyl adjacent to an activating group) is 1. The first-order valence-electron chi connectivity index (χ1n) is 10.9. The van der Waals surface area contributed by atoms with E-state index in [2.05, 4.69) is 4.99 Å². The van der Waals surface area contributed by atoms with Crippen molar-refractivity contribution in [1.82, 2.24) is 4.90 Å². The highest BCUT2D eigenvalue weighted by Gasteiger charge is 2.32. The number of thioether (sulfide) groups is 1. The maximum atomic E-state index is 13.1. The zero-order chi connectivity index (χ0) is 24.1. The van der Waals surface area contributed by atoms with E-state index in [1.165, 1.54) is 29.5 Å². The summed E-state index contributed by atoms with van der Waals surface area (Å²) in [5.41, 5.74) is 3.69. The first-order valence-corrected chi connectivity index (χ1v) is 11.7. The second kappa shape index (κ2) is 10.4. The van der Waals surface area contributed by atoms with E-state index >= 15 is 0 Å². The van der Waals surface area contributed by atoms with Gasteiger partial charge < -0.3 is 9.84 Å². The molecule has 3 aromatic rings. The normalized spacial score (nSPS) is 15.8. The van der Waals surface area contributed by atoms with Gasteiger partial charge in [-0.15, -0.1) is 0 Å². The molecule has 172 valence electrons. The zero-order valence-corrected chi connectivity index (χ0v) is 19.7. The van der Waals surface area contributed by atoms with E-state index in [0.29, 0.717) is 34.7 Å². The van der Waals surface area contributed by atoms with Crippen LogP contribution < -0.4 is 4.74 Å². The molecule has 6 nitrogen and oxygen atoms in total. The Morgan fingerprint density at radius 3 is 2.59 bits per heavy atom. The molecular formula is C27H24N2O4S. The maximum absolute atomic E-state index is 13.1. The van der Waals surface area contributed by atoms with E-state index in [1.807, 2.05) is 68.5 Å². The van der Waals surface area contributed by atoms with Crippen LogP contribution in [-0.4, -0.2) is 33.6 Å². The summed E-state index contributed by atoms with van der Waals surface area (Å²) in [5, 5.41) is 9.75. The fourth-order valence-corrected chi connectivity index (χ4v) is 4.46. The largest absolute Gasteiger partial charge is 0.488 e. The van der Waals surface area contributed by atoms with Crippen molar-refractivity contribution in [2.24, 2.45) is 4.99 Å². The van der Waals surface area contributed by atoms with Gasteiger partial charge in [-0.05, 0) is 61.5 Å². The number of benzene rings is 3. The van der Waals surface area contributed by atoms with E-state index in [-0.39, 0.29) is 11.5 Å². The number of carboxylic acid groups (broad SMARTS) is 1. The highest BCUT2D eigenvalue weighted by Crippen LogP contribution is 2.35. The lowest BCUT2D eigenvalue weighted by Crippen LogP contribution is -2.28. The smallest absolute Gasteiger partial charge is 0.335 e. The molecule has 3 aromatic carbocycles. The predicted octanol–water partition coefficient (Wildman–Crippen LogP) is 5.90. The van der Waals surface area contributed by atoms with Crippen molar-refractivity contribution in [3.63, 3.8) is 0 Å². The molecule has 0 spiro atoms. The first-order chi connectivity index (χ1) is 16.4. The van der Waals surface area contributed by atoms with Gasteiger partial charge in [0.05, 0.1) is 16.2 Å². The van der Waals surface area contributed by atoms with Crippen molar-refractivity contribution in [2.75, 3.05) is 6.54 Å². The average Bonchev–Trinajstić information content (AvgIpc) is 3.13. The Bertz CT molecular complexity index is 1280. The quantitative estimate of drug-likeness (QED) is 0.433. The number of aryl methyl sites for hydroxylation is 1. The number of aliphatic imine (C=N–C) groups is 1. The van der Waals surface area contributed by atoms with Gasteiger partial charge in [0.2, 0.25) is 0 Å². The summed E-state index contributed by atoms with van der Waals surface area (Å²) in [6.07, 6.45) is 1.82. The molecule has 1 aliphatic rings. The van der Waals surface area contributed by atoms with E-state index in [0.717, 1.165) is 11.1 Å². The first kappa shape index (κ1) is 23.3. The van der Waals surface area contributed by atoms with Gasteiger partial charge in [0.1, 0.15) is 12.4 Å². The monoisotopic (exact) mass is 472 g/mol. The zero-order valence-electron chi connectivity index (χ0n) is 18.9. The van der Waals surface area contributed by atoms with Crippen LogP contribution in [0.5, 0.6) is 5.75 Å². The van der Waals surface area contributed by atoms with Crippen LogP contribution in [0.4, 0.5) is 5.69 Å². The Kier molecular flexibility index (Phi) is 7.13. The SMILES string of the molecule is CCN1C(=O)/C(=C/c2ccccc2OCc2ccc(C)cc2)SC1=Nc1cccc(C(=O)O)c1. The molecule has 0 atom stereocenters. The van der Waals surface area contributed by atoms with Crippen molar-refractivity contribution in [2.45, 2.75) is 20.5 Å². The molecule has 0 saturated carbocycles. The number of aromatic carboxylic acids is 1. The number of amidine groups is 1. The molecule has 1 N–H and O–H groups in total. The lowest BCUT2D eigenvalue weighted by atomic mass is 10.1. The average molecular weight is 473 g/mol. The Morgan fingerprint density at radius 1 is 1.09 bits per heavy atom. The molecule has 1 saturated heterocycles. The molecule has 1 fully saturated rings. The number of carboxylic acids is 1. The molecule has 7 heteroatoms. The lowest BCUT2D eigenvalue weighted by Gasteiger charge is -2.12. The summed E-state index contributed by atoms with van der Waals surface area (Å²) >= 11 is 1.26. The Hall–Kier alpha value is -3.84. The number of hydrogen-bond donors (Lipinski definition) is 1. The molecule has 0 unspecified atom stereocenters. The van der Waals surface area contributed by atoms with Crippen LogP contribution in [0, 0.1) is 6.92 Å². The highest BCUT2D eigenvalue weighted by atomic mass is 32.2. The minimum atomic E-state index is -1.02. The van der Waals surface area contributed by atoms with Gasteiger partial charge in [-0.2, -0.15) is 0 Å². The van der Waals surface area contributed by atoms with E-state index in [1.54, 1.807) is 17.0 Å². The van der Waals surface area contributed by atoms with Gasteiger partial charge >= 0.3 is 5.97 Å². The third kappa shape index (κ3) is 5.38. The van der Waals surface area contributed by atoms with E-state index in [9.17, 15) is 14.7 Å². The van der Waals surface area contributed by atoms with Crippen molar-refractivity contribution in [1.29, 1.82) is 0 Å². The van der Waals surface area contributed by atoms with E-state index in [4.69, 9.17) is 4.74 Å². The second-order valence-electron chi connectivity index (χ2n) is 7.72. The number of para-hydroxylation sites is 1. The van der Waals surface area contributed by atoms with Gasteiger partial charge in [-0.3, -0.25) is 9.69 Å². The minimum Gasteiger partial charge on any atom is -0.488 e. The number of nitrogens with zero attached hydrogens (tertiary/aromatic N) is 2. The van der Waals surface area contributed by atoms with Gasteiger partial charge in [0, 0.05) is 12.1 Å². The number of hydrogen-bond acceptors (Lipinski definition) is 5. The Balaban J connectivity index is 1.58.